The van der Waals surface area contributed by atoms with Gasteiger partial charge in [0, 0.05) is 62.0 Å². The summed E-state index contributed by atoms with van der Waals surface area (Å²) >= 11 is 0. The molecule has 2 aromatic heterocycles. The Kier molecular flexibility index (Phi) is 34.8. The Morgan fingerprint density at radius 1 is 0.725 bits per heavy atom. The van der Waals surface area contributed by atoms with Gasteiger partial charge < -0.3 is 128 Å². The number of carboxylic acid groups (broad SMARTS) is 1. The highest BCUT2D eigenvalue weighted by molar-refractivity contribution is 6.00. The molecule has 36 nitrogen and oxygen atoms in total. The smallest absolute Gasteiger partial charge is 0.410 e. The van der Waals surface area contributed by atoms with Crippen molar-refractivity contribution in [3.05, 3.63) is 80.6 Å². The number of carboxylic acids is 1. The molecule has 602 valence electrons. The van der Waals surface area contributed by atoms with Crippen LogP contribution in [0.2, 0.25) is 0 Å². The second-order valence-corrected chi connectivity index (χ2v) is 26.5. The van der Waals surface area contributed by atoms with Crippen LogP contribution < -0.4 is 36.9 Å². The number of hydrogen-bond donors (Lipinski definition) is 11. The molecule has 0 bridgehead atoms. The molecule has 9 atom stereocenters. The summed E-state index contributed by atoms with van der Waals surface area (Å²) in [7, 11) is 3.00. The van der Waals surface area contributed by atoms with Gasteiger partial charge in [0.05, 0.1) is 140 Å². The second-order valence-electron chi connectivity index (χ2n) is 26.5. The third kappa shape index (κ3) is 25.3. The number of aliphatic hydroxyl groups is 4. The Balaban J connectivity index is 0.931. The number of cyclic esters (lactones) is 1. The molecule has 4 aromatic rings. The quantitative estimate of drug-likeness (QED) is 0.0189. The Hall–Kier alpha value is -8.89. The zero-order valence-corrected chi connectivity index (χ0v) is 62.3. The first kappa shape index (κ1) is 87.3. The van der Waals surface area contributed by atoms with E-state index in [4.69, 9.17) is 61.8 Å². The predicted molar refractivity (Wildman–Crippen MR) is 383 cm³/mol. The number of ketones is 1. The van der Waals surface area contributed by atoms with Crippen molar-refractivity contribution in [1.82, 2.24) is 35.7 Å². The number of methoxy groups -OCH3 is 1. The van der Waals surface area contributed by atoms with Crippen LogP contribution in [0.1, 0.15) is 107 Å². The Labute approximate surface area is 628 Å². The summed E-state index contributed by atoms with van der Waals surface area (Å²) in [6.45, 7) is 12.0. The Morgan fingerprint density at radius 3 is 1.94 bits per heavy atom. The molecule has 1 saturated heterocycles. The van der Waals surface area contributed by atoms with Crippen LogP contribution in [-0.2, 0) is 122 Å². The lowest BCUT2D eigenvalue weighted by Gasteiger charge is -2.38. The van der Waals surface area contributed by atoms with Crippen LogP contribution in [-0.4, -0.2) is 267 Å². The van der Waals surface area contributed by atoms with Crippen molar-refractivity contribution in [3.63, 3.8) is 0 Å². The maximum Gasteiger partial charge on any atom is 0.410 e. The number of ether oxygens (including phenoxy) is 12. The molecular formula is C73H102N8O28. The molecule has 7 rings (SSSR count). The number of benzene rings is 2. The molecular weight excluding hydrogens is 1440 g/mol. The fraction of sp³-hybridized carbons (Fsp3) is 0.603. The van der Waals surface area contributed by atoms with Crippen molar-refractivity contribution < 1.29 is 131 Å². The molecule has 0 radical (unpaired) electrons. The molecule has 5 heterocycles. The van der Waals surface area contributed by atoms with Crippen molar-refractivity contribution in [1.29, 1.82) is 0 Å². The molecule has 2 aromatic carbocycles. The third-order valence-electron chi connectivity index (χ3n) is 17.9. The van der Waals surface area contributed by atoms with Gasteiger partial charge in [-0.3, -0.25) is 28.8 Å². The Bertz CT molecular complexity index is 3820. The second kappa shape index (κ2) is 43.5. The number of phenolic OH excluding ortho intramolecular Hbond substituents is 1. The summed E-state index contributed by atoms with van der Waals surface area (Å²) in [4.78, 5) is 138. The average molecular weight is 1540 g/mol. The van der Waals surface area contributed by atoms with Gasteiger partial charge >= 0.3 is 18.0 Å². The van der Waals surface area contributed by atoms with Gasteiger partial charge in [-0.15, -0.1) is 0 Å². The third-order valence-corrected chi connectivity index (χ3v) is 17.9. The van der Waals surface area contributed by atoms with Gasteiger partial charge in [0.1, 0.15) is 66.9 Å². The molecule has 0 aliphatic carbocycles. The number of rotatable bonds is 48. The van der Waals surface area contributed by atoms with Crippen LogP contribution in [0, 0.1) is 5.92 Å². The molecule has 3 aliphatic heterocycles. The fourth-order valence-corrected chi connectivity index (χ4v) is 11.7. The number of nitrogens with zero attached hydrogens (tertiary/aromatic N) is 3. The number of aromatic hydroxyl groups is 1. The number of aliphatic carboxylic acids is 1. The summed E-state index contributed by atoms with van der Waals surface area (Å²) < 4.78 is 66.9. The predicted octanol–water partition coefficient (Wildman–Crippen LogP) is 0.702. The van der Waals surface area contributed by atoms with E-state index in [-0.39, 0.29) is 136 Å². The first-order valence-electron chi connectivity index (χ1n) is 36.1. The summed E-state index contributed by atoms with van der Waals surface area (Å²) in [6, 6.07) is 6.23. The van der Waals surface area contributed by atoms with Crippen LogP contribution in [0.3, 0.4) is 0 Å². The van der Waals surface area contributed by atoms with E-state index in [2.05, 4.69) is 26.6 Å². The van der Waals surface area contributed by atoms with Gasteiger partial charge in [-0.25, -0.2) is 19.4 Å². The van der Waals surface area contributed by atoms with E-state index in [0.717, 1.165) is 4.90 Å². The monoisotopic (exact) mass is 1540 g/mol. The molecule has 109 heavy (non-hydrogen) atoms. The minimum absolute atomic E-state index is 0.00857. The molecule has 11 N–H and O–H groups in total. The highest BCUT2D eigenvalue weighted by Crippen LogP contribution is 2.40. The van der Waals surface area contributed by atoms with Crippen molar-refractivity contribution in [2.24, 2.45) is 5.92 Å². The van der Waals surface area contributed by atoms with E-state index in [1.54, 1.807) is 46.1 Å². The number of Topliss-reactive ketones (excluding diaryl/α,β-unsaturated/α-hetero) is 1. The minimum atomic E-state index is -2.11. The molecule has 1 fully saturated rings. The maximum absolute atomic E-state index is 14.1. The van der Waals surface area contributed by atoms with Gasteiger partial charge in [0.25, 0.3) is 5.56 Å². The van der Waals surface area contributed by atoms with E-state index in [0.29, 0.717) is 113 Å². The van der Waals surface area contributed by atoms with Crippen molar-refractivity contribution in [2.45, 2.75) is 160 Å². The number of aromatic nitrogens is 2. The zero-order valence-electron chi connectivity index (χ0n) is 62.3. The van der Waals surface area contributed by atoms with Gasteiger partial charge in [-0.1, -0.05) is 26.8 Å². The van der Waals surface area contributed by atoms with Crippen LogP contribution in [0.4, 0.5) is 10.5 Å². The highest BCUT2D eigenvalue weighted by atomic mass is 16.7. The number of carbonyl (C=O) groups excluding carboxylic acids is 8. The van der Waals surface area contributed by atoms with Gasteiger partial charge in [-0.2, -0.15) is 0 Å². The average Bonchev–Trinajstić information content (AvgIpc) is 1.63. The van der Waals surface area contributed by atoms with Crippen LogP contribution in [0.15, 0.2) is 47.3 Å². The lowest BCUT2D eigenvalue weighted by molar-refractivity contribution is -0.271. The molecule has 0 unspecified atom stereocenters. The number of fused-ring (bicyclic) bond motifs is 5. The van der Waals surface area contributed by atoms with E-state index < -0.39 is 114 Å². The summed E-state index contributed by atoms with van der Waals surface area (Å²) in [6.07, 6.45) is -10.7. The summed E-state index contributed by atoms with van der Waals surface area (Å²) in [5, 5.41) is 78.2. The van der Waals surface area contributed by atoms with E-state index in [1.807, 2.05) is 0 Å². The number of phenols is 1. The van der Waals surface area contributed by atoms with Gasteiger partial charge in [0.2, 0.25) is 35.8 Å². The van der Waals surface area contributed by atoms with Crippen molar-refractivity contribution in [2.75, 3.05) is 125 Å². The number of carbonyl (C=O) groups is 9. The lowest BCUT2D eigenvalue weighted by Crippen LogP contribution is -2.61. The first-order chi connectivity index (χ1) is 52.2. The molecule has 0 spiro atoms. The SMILES string of the molecule is CC[C@@]1(O)C(=O)OCc2c1cc1n(c2=O)Cc2cc3c(CN(C)C(=O)OCc4ccc(NC(=O)[C@H](C)NC(=O)[C@@H](NC(=O)[C@H](CCCCNC(=O)CCC(C)=O)NC(=O)CCOCCOCCOCCOCCOCCOCCOCCOC)C(C)C)c(O[C@@H]5O[C@H](C(=O)O)[C@@H](O)[C@H](O)[C@H]5O)c4)c(O)ccc3nc2-1. The summed E-state index contributed by atoms with van der Waals surface area (Å²) in [5.41, 5.74) is -0.332. The zero-order chi connectivity index (χ0) is 79.3. The summed E-state index contributed by atoms with van der Waals surface area (Å²) in [5.74, 6) is -7.26. The standard InChI is InChI=1S/C73H102N8O28/c1-8-73(97)50-37-54-60-46(38-81(54)68(92)49(50)41-106-71(73)95)36-47-48(55(83)16-15-51(47)77-60)39-80(6)72(96)107-40-45-13-14-52(56(35-45)108-70-63(88)61(86)62(87)64(109-70)69(93)94)78-65(89)44(5)75-67(91)59(42(2)3)79-66(90)53(11-9-10-19-74-57(84)17-12-43(4)82)76-58(85)18-20-99-23-24-101-27-28-103-31-32-105-34-33-104-30-29-102-26-25-100-22-21-98-7/h13-16,35-37,42,44,53,59,61-64,70,83,86-88,97H,8-12,17-34,38-41H2,1-7H3,(H,74,84)(H,75,91)(H,76,85)(H,78,89)(H,79,90)(H,93,94)/t44-,53-,59-,61-,62-,63+,64-,70+,73-/m0/s1. The first-order valence-corrected chi connectivity index (χ1v) is 36.1. The minimum Gasteiger partial charge on any atom is -0.508 e. The number of anilines is 1. The number of pyridine rings is 2. The molecule has 6 amide bonds. The normalized spacial score (nSPS) is 18.6. The van der Waals surface area contributed by atoms with Gasteiger partial charge in [-0.05, 0) is 87.4 Å². The number of unbranched alkanes of at least 4 members (excludes halogenated alkanes) is 1. The largest absolute Gasteiger partial charge is 0.508 e. The number of hydrogen-bond acceptors (Lipinski definition) is 28. The molecule has 3 aliphatic rings. The fourth-order valence-electron chi connectivity index (χ4n) is 11.7. The lowest BCUT2D eigenvalue weighted by atomic mass is 9.86. The maximum atomic E-state index is 14.1. The van der Waals surface area contributed by atoms with Crippen LogP contribution in [0.25, 0.3) is 22.3 Å². The highest BCUT2D eigenvalue weighted by Gasteiger charge is 2.49. The number of nitrogens with one attached hydrogen (secondary N) is 5. The number of esters is 1. The van der Waals surface area contributed by atoms with E-state index in [1.165, 1.54) is 49.7 Å². The van der Waals surface area contributed by atoms with Gasteiger partial charge in [0.15, 0.2) is 11.7 Å². The Morgan fingerprint density at radius 2 is 1.35 bits per heavy atom. The van der Waals surface area contributed by atoms with Crippen LogP contribution in [0.5, 0.6) is 11.5 Å². The molecule has 36 heteroatoms. The van der Waals surface area contributed by atoms with E-state index in [9.17, 15) is 78.6 Å². The van der Waals surface area contributed by atoms with Crippen molar-refractivity contribution in [3.8, 4) is 22.9 Å². The van der Waals surface area contributed by atoms with Crippen LogP contribution >= 0.6 is 0 Å². The number of aliphatic hydroxyl groups excluding tert-OH is 3. The molecule has 0 saturated carbocycles. The van der Waals surface area contributed by atoms with E-state index >= 15 is 0 Å². The number of amides is 6. The topological polar surface area (TPSA) is 484 Å². The van der Waals surface area contributed by atoms with Crippen molar-refractivity contribution >= 4 is 69.9 Å².